The maximum absolute atomic E-state index is 11.7. The Bertz CT molecular complexity index is 605. The number of aliphatic carboxylic acids is 1. The molecule has 0 aliphatic rings. The molecule has 7 nitrogen and oxygen atoms in total. The molecule has 0 aliphatic heterocycles. The number of carbonyl (C=O) groups is 3. The van der Waals surface area contributed by atoms with Crippen LogP contribution in [0.4, 0.5) is 4.79 Å². The SMILES string of the molecule is CC(=O)c1cccc(OCCC(NC(=O)OC(C)(C)C)C(=O)O)c1. The second-order valence-corrected chi connectivity index (χ2v) is 6.26. The molecule has 1 amide bonds. The van der Waals surface area contributed by atoms with Crippen LogP contribution in [0.3, 0.4) is 0 Å². The Kier molecular flexibility index (Phi) is 6.76. The normalized spacial score (nSPS) is 12.2. The molecular formula is C17H23NO6. The topological polar surface area (TPSA) is 102 Å². The predicted octanol–water partition coefficient (Wildman–Crippen LogP) is 2.64. The number of carboxylic acids is 1. The third-order valence-electron chi connectivity index (χ3n) is 2.90. The number of amides is 1. The molecule has 7 heteroatoms. The van der Waals surface area contributed by atoms with E-state index in [2.05, 4.69) is 5.32 Å². The molecular weight excluding hydrogens is 314 g/mol. The van der Waals surface area contributed by atoms with Gasteiger partial charge in [-0.2, -0.15) is 0 Å². The second-order valence-electron chi connectivity index (χ2n) is 6.26. The van der Waals surface area contributed by atoms with Crippen LogP contribution in [-0.4, -0.2) is 41.2 Å². The van der Waals surface area contributed by atoms with Gasteiger partial charge in [-0.1, -0.05) is 12.1 Å². The summed E-state index contributed by atoms with van der Waals surface area (Å²) in [7, 11) is 0. The molecule has 0 saturated heterocycles. The Hall–Kier alpha value is -2.57. The van der Waals surface area contributed by atoms with Gasteiger partial charge in [0.25, 0.3) is 0 Å². The van der Waals surface area contributed by atoms with Crippen LogP contribution in [-0.2, 0) is 9.53 Å². The fraction of sp³-hybridized carbons (Fsp3) is 0.471. The lowest BCUT2D eigenvalue weighted by Crippen LogP contribution is -2.44. The zero-order chi connectivity index (χ0) is 18.3. The highest BCUT2D eigenvalue weighted by Crippen LogP contribution is 2.14. The number of benzene rings is 1. The van der Waals surface area contributed by atoms with Crippen molar-refractivity contribution in [3.05, 3.63) is 29.8 Å². The molecule has 1 unspecified atom stereocenters. The van der Waals surface area contributed by atoms with Gasteiger partial charge >= 0.3 is 12.1 Å². The molecule has 0 radical (unpaired) electrons. The van der Waals surface area contributed by atoms with Gasteiger partial charge in [0.15, 0.2) is 5.78 Å². The number of alkyl carbamates (subject to hydrolysis) is 1. The summed E-state index contributed by atoms with van der Waals surface area (Å²) in [6, 6.07) is 5.47. The second kappa shape index (κ2) is 8.33. The molecule has 24 heavy (non-hydrogen) atoms. The molecule has 1 aromatic rings. The van der Waals surface area contributed by atoms with Crippen LogP contribution in [0.5, 0.6) is 5.75 Å². The lowest BCUT2D eigenvalue weighted by molar-refractivity contribution is -0.139. The summed E-state index contributed by atoms with van der Waals surface area (Å²) < 4.78 is 10.5. The van der Waals surface area contributed by atoms with E-state index in [9.17, 15) is 14.4 Å². The van der Waals surface area contributed by atoms with Crippen molar-refractivity contribution in [1.82, 2.24) is 5.32 Å². The van der Waals surface area contributed by atoms with Crippen LogP contribution in [0.1, 0.15) is 44.5 Å². The highest BCUT2D eigenvalue weighted by molar-refractivity contribution is 5.94. The Labute approximate surface area is 141 Å². The maximum Gasteiger partial charge on any atom is 0.408 e. The van der Waals surface area contributed by atoms with Crippen molar-refractivity contribution >= 4 is 17.8 Å². The molecule has 0 saturated carbocycles. The van der Waals surface area contributed by atoms with Crippen LogP contribution in [0.25, 0.3) is 0 Å². The number of rotatable bonds is 7. The summed E-state index contributed by atoms with van der Waals surface area (Å²) in [5.41, 5.74) is -0.203. The molecule has 1 atom stereocenters. The van der Waals surface area contributed by atoms with Crippen molar-refractivity contribution in [2.24, 2.45) is 0 Å². The first-order valence-corrected chi connectivity index (χ1v) is 7.54. The minimum absolute atomic E-state index is 0.0544. The molecule has 2 N–H and O–H groups in total. The van der Waals surface area contributed by atoms with Crippen molar-refractivity contribution in [3.63, 3.8) is 0 Å². The molecule has 1 rings (SSSR count). The summed E-state index contributed by atoms with van der Waals surface area (Å²) >= 11 is 0. The summed E-state index contributed by atoms with van der Waals surface area (Å²) in [4.78, 5) is 34.2. The van der Waals surface area contributed by atoms with Crippen LogP contribution in [0.2, 0.25) is 0 Å². The lowest BCUT2D eigenvalue weighted by atomic mass is 10.1. The molecule has 132 valence electrons. The number of hydrogen-bond acceptors (Lipinski definition) is 5. The standard InChI is InChI=1S/C17H23NO6/c1-11(19)12-6-5-7-13(10-12)23-9-8-14(15(20)21)18-16(22)24-17(2,3)4/h5-7,10,14H,8-9H2,1-4H3,(H,18,22)(H,20,21). The summed E-state index contributed by atoms with van der Waals surface area (Å²) in [6.07, 6.45) is -0.743. The molecule has 0 heterocycles. The Morgan fingerprint density at radius 1 is 1.25 bits per heavy atom. The molecule has 0 aromatic heterocycles. The fourth-order valence-electron chi connectivity index (χ4n) is 1.81. The first-order chi connectivity index (χ1) is 11.1. The smallest absolute Gasteiger partial charge is 0.408 e. The van der Waals surface area contributed by atoms with Gasteiger partial charge in [-0.3, -0.25) is 4.79 Å². The monoisotopic (exact) mass is 337 g/mol. The largest absolute Gasteiger partial charge is 0.493 e. The Morgan fingerprint density at radius 3 is 2.46 bits per heavy atom. The number of ether oxygens (including phenoxy) is 2. The number of nitrogens with one attached hydrogen (secondary N) is 1. The van der Waals surface area contributed by atoms with Gasteiger partial charge in [0, 0.05) is 12.0 Å². The van der Waals surface area contributed by atoms with Gasteiger partial charge in [-0.25, -0.2) is 9.59 Å². The van der Waals surface area contributed by atoms with Gasteiger partial charge in [-0.15, -0.1) is 0 Å². The average Bonchev–Trinajstić information content (AvgIpc) is 2.44. The average molecular weight is 337 g/mol. The third-order valence-corrected chi connectivity index (χ3v) is 2.90. The predicted molar refractivity (Wildman–Crippen MR) is 87.4 cm³/mol. The Morgan fingerprint density at radius 2 is 1.92 bits per heavy atom. The first kappa shape index (κ1) is 19.5. The number of hydrogen-bond donors (Lipinski definition) is 2. The molecule has 1 aromatic carbocycles. The highest BCUT2D eigenvalue weighted by Gasteiger charge is 2.23. The number of Topliss-reactive ketones (excluding diaryl/α,β-unsaturated/α-hetero) is 1. The molecule has 0 fully saturated rings. The van der Waals surface area contributed by atoms with Gasteiger partial charge in [-0.05, 0) is 39.8 Å². The van der Waals surface area contributed by atoms with E-state index in [0.29, 0.717) is 11.3 Å². The van der Waals surface area contributed by atoms with E-state index in [4.69, 9.17) is 14.6 Å². The quantitative estimate of drug-likeness (QED) is 0.742. The van der Waals surface area contributed by atoms with E-state index in [1.165, 1.54) is 6.92 Å². The fourth-order valence-corrected chi connectivity index (χ4v) is 1.81. The van der Waals surface area contributed by atoms with E-state index in [-0.39, 0.29) is 18.8 Å². The first-order valence-electron chi connectivity index (χ1n) is 7.54. The van der Waals surface area contributed by atoms with E-state index in [0.717, 1.165) is 0 Å². The molecule has 0 aliphatic carbocycles. The van der Waals surface area contributed by atoms with E-state index in [1.54, 1.807) is 45.0 Å². The lowest BCUT2D eigenvalue weighted by Gasteiger charge is -2.22. The number of carboxylic acid groups (broad SMARTS) is 1. The zero-order valence-electron chi connectivity index (χ0n) is 14.3. The zero-order valence-corrected chi connectivity index (χ0v) is 14.3. The van der Waals surface area contributed by atoms with Gasteiger partial charge < -0.3 is 19.9 Å². The van der Waals surface area contributed by atoms with Crippen molar-refractivity contribution in [1.29, 1.82) is 0 Å². The minimum Gasteiger partial charge on any atom is -0.493 e. The Balaban J connectivity index is 2.55. The van der Waals surface area contributed by atoms with E-state index in [1.807, 2.05) is 0 Å². The summed E-state index contributed by atoms with van der Waals surface area (Å²) in [5, 5.41) is 11.5. The van der Waals surface area contributed by atoms with Gasteiger partial charge in [0.2, 0.25) is 0 Å². The maximum atomic E-state index is 11.7. The number of carbonyl (C=O) groups excluding carboxylic acids is 2. The number of ketones is 1. The van der Waals surface area contributed by atoms with Gasteiger partial charge in [0.05, 0.1) is 6.61 Å². The van der Waals surface area contributed by atoms with Crippen molar-refractivity contribution in [2.75, 3.05) is 6.61 Å². The summed E-state index contributed by atoms with van der Waals surface area (Å²) in [5.74, 6) is -0.804. The minimum atomic E-state index is -1.18. The molecule has 0 spiro atoms. The van der Waals surface area contributed by atoms with Gasteiger partial charge in [0.1, 0.15) is 17.4 Å². The van der Waals surface area contributed by atoms with Crippen LogP contribution in [0, 0.1) is 0 Å². The van der Waals surface area contributed by atoms with Crippen LogP contribution < -0.4 is 10.1 Å². The van der Waals surface area contributed by atoms with Crippen molar-refractivity contribution in [2.45, 2.75) is 45.8 Å². The van der Waals surface area contributed by atoms with Crippen LogP contribution in [0.15, 0.2) is 24.3 Å². The highest BCUT2D eigenvalue weighted by atomic mass is 16.6. The third kappa shape index (κ3) is 7.13. The van der Waals surface area contributed by atoms with Crippen molar-refractivity contribution < 1.29 is 29.0 Å². The van der Waals surface area contributed by atoms with Crippen LogP contribution >= 0.6 is 0 Å². The van der Waals surface area contributed by atoms with E-state index < -0.39 is 23.7 Å². The van der Waals surface area contributed by atoms with Crippen molar-refractivity contribution in [3.8, 4) is 5.75 Å². The summed E-state index contributed by atoms with van der Waals surface area (Å²) in [6.45, 7) is 6.58. The molecule has 0 bridgehead atoms. The van der Waals surface area contributed by atoms with E-state index >= 15 is 0 Å².